The zero-order valence-corrected chi connectivity index (χ0v) is 10.6. The van der Waals surface area contributed by atoms with Crippen molar-refractivity contribution in [3.05, 3.63) is 18.0 Å². The summed E-state index contributed by atoms with van der Waals surface area (Å²) in [5, 5.41) is 7.61. The topological polar surface area (TPSA) is 39.1 Å². The van der Waals surface area contributed by atoms with Crippen LogP contribution in [0.5, 0.6) is 0 Å². The highest BCUT2D eigenvalue weighted by molar-refractivity contribution is 5.08. The van der Waals surface area contributed by atoms with Crippen molar-refractivity contribution in [3.8, 4) is 0 Å². The van der Waals surface area contributed by atoms with Crippen molar-refractivity contribution in [3.63, 3.8) is 0 Å². The molecule has 16 heavy (non-hydrogen) atoms. The normalized spacial score (nSPS) is 12.9. The molecule has 1 unspecified atom stereocenters. The minimum Gasteiger partial charge on any atom is -0.381 e. The van der Waals surface area contributed by atoms with Crippen LogP contribution in [-0.4, -0.2) is 29.5 Å². The van der Waals surface area contributed by atoms with E-state index in [1.807, 2.05) is 24.1 Å². The number of aromatic nitrogens is 2. The van der Waals surface area contributed by atoms with Gasteiger partial charge in [-0.1, -0.05) is 6.92 Å². The predicted molar refractivity (Wildman–Crippen MR) is 65.4 cm³/mol. The molecule has 0 saturated heterocycles. The fourth-order valence-corrected chi connectivity index (χ4v) is 1.52. The summed E-state index contributed by atoms with van der Waals surface area (Å²) in [4.78, 5) is 0. The van der Waals surface area contributed by atoms with E-state index in [1.54, 1.807) is 0 Å². The summed E-state index contributed by atoms with van der Waals surface area (Å²) in [5.74, 6) is 0. The zero-order chi connectivity index (χ0) is 11.8. The summed E-state index contributed by atoms with van der Waals surface area (Å²) in [6.07, 6.45) is 6.11. The molecule has 1 rings (SSSR count). The summed E-state index contributed by atoms with van der Waals surface area (Å²) in [6.45, 7) is 6.99. The Morgan fingerprint density at radius 3 is 2.94 bits per heavy atom. The van der Waals surface area contributed by atoms with Gasteiger partial charge in [-0.25, -0.2) is 0 Å². The Labute approximate surface area is 98.0 Å². The lowest BCUT2D eigenvalue weighted by atomic mass is 10.2. The van der Waals surface area contributed by atoms with Gasteiger partial charge in [-0.05, 0) is 26.3 Å². The summed E-state index contributed by atoms with van der Waals surface area (Å²) in [5.41, 5.74) is 1.23. The van der Waals surface area contributed by atoms with Crippen LogP contribution in [0, 0.1) is 0 Å². The number of rotatable bonds is 8. The maximum atomic E-state index is 5.42. The largest absolute Gasteiger partial charge is 0.381 e. The maximum absolute atomic E-state index is 5.42. The van der Waals surface area contributed by atoms with E-state index in [2.05, 4.69) is 24.3 Å². The standard InChI is InChI=1S/C12H23N3O/c1-4-7-16-8-5-6-13-11(2)12-9-14-15(3)10-12/h9-11,13H,4-8H2,1-3H3. The number of hydrogen-bond donors (Lipinski definition) is 1. The Hall–Kier alpha value is -0.870. The second kappa shape index (κ2) is 7.41. The number of nitrogens with one attached hydrogen (secondary N) is 1. The predicted octanol–water partition coefficient (Wildman–Crippen LogP) is 1.89. The molecule has 0 spiro atoms. The van der Waals surface area contributed by atoms with E-state index >= 15 is 0 Å². The first-order valence-corrected chi connectivity index (χ1v) is 6.03. The first-order valence-electron chi connectivity index (χ1n) is 6.03. The van der Waals surface area contributed by atoms with Crippen LogP contribution in [0.25, 0.3) is 0 Å². The molecule has 0 fully saturated rings. The van der Waals surface area contributed by atoms with Crippen LogP contribution >= 0.6 is 0 Å². The third-order valence-corrected chi connectivity index (χ3v) is 2.49. The quantitative estimate of drug-likeness (QED) is 0.687. The minimum atomic E-state index is 0.361. The van der Waals surface area contributed by atoms with Gasteiger partial charge >= 0.3 is 0 Å². The van der Waals surface area contributed by atoms with Crippen molar-refractivity contribution in [2.75, 3.05) is 19.8 Å². The summed E-state index contributed by atoms with van der Waals surface area (Å²) < 4.78 is 7.25. The van der Waals surface area contributed by atoms with Crippen LogP contribution in [0.3, 0.4) is 0 Å². The maximum Gasteiger partial charge on any atom is 0.0537 e. The molecule has 1 heterocycles. The highest BCUT2D eigenvalue weighted by Crippen LogP contribution is 2.09. The SMILES string of the molecule is CCCOCCCNC(C)c1cnn(C)c1. The molecular weight excluding hydrogens is 202 g/mol. The first kappa shape index (κ1) is 13.2. The molecule has 0 aliphatic carbocycles. The Balaban J connectivity index is 2.09. The number of hydrogen-bond acceptors (Lipinski definition) is 3. The number of ether oxygens (including phenoxy) is 1. The molecule has 1 aromatic heterocycles. The zero-order valence-electron chi connectivity index (χ0n) is 10.6. The van der Waals surface area contributed by atoms with Crippen molar-refractivity contribution in [1.29, 1.82) is 0 Å². The molecule has 0 aliphatic rings. The van der Waals surface area contributed by atoms with E-state index in [1.165, 1.54) is 5.56 Å². The Morgan fingerprint density at radius 2 is 2.31 bits per heavy atom. The fraction of sp³-hybridized carbons (Fsp3) is 0.750. The molecule has 0 amide bonds. The van der Waals surface area contributed by atoms with E-state index in [0.29, 0.717) is 6.04 Å². The van der Waals surface area contributed by atoms with E-state index in [9.17, 15) is 0 Å². The molecule has 0 saturated carbocycles. The van der Waals surface area contributed by atoms with Crippen LogP contribution in [-0.2, 0) is 11.8 Å². The Bertz CT molecular complexity index is 286. The summed E-state index contributed by atoms with van der Waals surface area (Å²) >= 11 is 0. The van der Waals surface area contributed by atoms with Gasteiger partial charge < -0.3 is 10.1 Å². The van der Waals surface area contributed by atoms with Crippen molar-refractivity contribution >= 4 is 0 Å². The van der Waals surface area contributed by atoms with Crippen LogP contribution in [0.15, 0.2) is 12.4 Å². The molecule has 4 heteroatoms. The van der Waals surface area contributed by atoms with Crippen molar-refractivity contribution < 1.29 is 4.74 Å². The van der Waals surface area contributed by atoms with E-state index in [0.717, 1.165) is 32.6 Å². The van der Waals surface area contributed by atoms with Gasteiger partial charge in [0.1, 0.15) is 0 Å². The van der Waals surface area contributed by atoms with Gasteiger partial charge in [0.25, 0.3) is 0 Å². The van der Waals surface area contributed by atoms with Gasteiger partial charge in [0.2, 0.25) is 0 Å². The minimum absolute atomic E-state index is 0.361. The average molecular weight is 225 g/mol. The van der Waals surface area contributed by atoms with Crippen LogP contribution in [0.1, 0.15) is 38.3 Å². The number of nitrogens with zero attached hydrogens (tertiary/aromatic N) is 2. The molecule has 4 nitrogen and oxygen atoms in total. The van der Waals surface area contributed by atoms with Gasteiger partial charge in [0.15, 0.2) is 0 Å². The molecular formula is C12H23N3O. The smallest absolute Gasteiger partial charge is 0.0537 e. The van der Waals surface area contributed by atoms with Crippen LogP contribution in [0.4, 0.5) is 0 Å². The molecule has 0 aliphatic heterocycles. The third kappa shape index (κ3) is 4.77. The van der Waals surface area contributed by atoms with E-state index < -0.39 is 0 Å². The molecule has 92 valence electrons. The highest BCUT2D eigenvalue weighted by atomic mass is 16.5. The van der Waals surface area contributed by atoms with Gasteiger partial charge in [-0.15, -0.1) is 0 Å². The second-order valence-electron chi connectivity index (χ2n) is 4.09. The highest BCUT2D eigenvalue weighted by Gasteiger charge is 2.05. The average Bonchev–Trinajstić information content (AvgIpc) is 2.70. The van der Waals surface area contributed by atoms with Crippen LogP contribution < -0.4 is 5.32 Å². The molecule has 1 N–H and O–H groups in total. The first-order chi connectivity index (χ1) is 7.74. The second-order valence-corrected chi connectivity index (χ2v) is 4.09. The monoisotopic (exact) mass is 225 g/mol. The molecule has 1 aromatic rings. The Kier molecular flexibility index (Phi) is 6.11. The van der Waals surface area contributed by atoms with E-state index in [-0.39, 0.29) is 0 Å². The fourth-order valence-electron chi connectivity index (χ4n) is 1.52. The van der Waals surface area contributed by atoms with E-state index in [4.69, 9.17) is 4.74 Å². The third-order valence-electron chi connectivity index (χ3n) is 2.49. The van der Waals surface area contributed by atoms with Gasteiger partial charge in [0.05, 0.1) is 6.20 Å². The molecule has 1 atom stereocenters. The van der Waals surface area contributed by atoms with Gasteiger partial charge in [0, 0.05) is 38.1 Å². The lowest BCUT2D eigenvalue weighted by Crippen LogP contribution is -2.20. The Morgan fingerprint density at radius 1 is 1.50 bits per heavy atom. The van der Waals surface area contributed by atoms with Crippen molar-refractivity contribution in [2.45, 2.75) is 32.7 Å². The van der Waals surface area contributed by atoms with Crippen molar-refractivity contribution in [2.24, 2.45) is 7.05 Å². The lowest BCUT2D eigenvalue weighted by molar-refractivity contribution is 0.132. The van der Waals surface area contributed by atoms with Crippen molar-refractivity contribution in [1.82, 2.24) is 15.1 Å². The van der Waals surface area contributed by atoms with Gasteiger partial charge in [-0.2, -0.15) is 5.10 Å². The molecule has 0 bridgehead atoms. The summed E-state index contributed by atoms with van der Waals surface area (Å²) in [6, 6.07) is 0.361. The molecule has 0 aromatic carbocycles. The van der Waals surface area contributed by atoms with Gasteiger partial charge in [-0.3, -0.25) is 4.68 Å². The van der Waals surface area contributed by atoms with Crippen LogP contribution in [0.2, 0.25) is 0 Å². The number of aryl methyl sites for hydroxylation is 1. The molecule has 0 radical (unpaired) electrons. The lowest BCUT2D eigenvalue weighted by Gasteiger charge is -2.11. The summed E-state index contributed by atoms with van der Waals surface area (Å²) in [7, 11) is 1.94.